The Labute approximate surface area is 100 Å². The van der Waals surface area contributed by atoms with E-state index in [1.54, 1.807) is 0 Å². The lowest BCUT2D eigenvalue weighted by Crippen LogP contribution is -2.25. The molecule has 0 bridgehead atoms. The number of thiocarbonyl (C=S) groups is 1. The molecule has 0 radical (unpaired) electrons. The molecule has 0 aromatic heterocycles. The van der Waals surface area contributed by atoms with E-state index in [1.165, 1.54) is 30.5 Å². The van der Waals surface area contributed by atoms with E-state index in [1.807, 2.05) is 12.1 Å². The van der Waals surface area contributed by atoms with Gasteiger partial charge in [-0.3, -0.25) is 0 Å². The minimum absolute atomic E-state index is 0.0690. The highest BCUT2D eigenvalue weighted by molar-refractivity contribution is 7.78. The standard InChI is InChI=1S/C13H14FNS/c14-12-5-3-11(4-6-12)13(9-15-10-16)7-1-2-8-13/h3-6H,1-2,7-9H2. The molecule has 0 unspecified atom stereocenters. The van der Waals surface area contributed by atoms with E-state index in [4.69, 9.17) is 0 Å². The van der Waals surface area contributed by atoms with Crippen molar-refractivity contribution in [2.75, 3.05) is 6.54 Å². The fourth-order valence-corrected chi connectivity index (χ4v) is 2.64. The quantitative estimate of drug-likeness (QED) is 0.574. The smallest absolute Gasteiger partial charge is 0.123 e. The van der Waals surface area contributed by atoms with Gasteiger partial charge < -0.3 is 0 Å². The summed E-state index contributed by atoms with van der Waals surface area (Å²) in [5.74, 6) is -0.185. The van der Waals surface area contributed by atoms with Gasteiger partial charge in [-0.05, 0) is 42.8 Å². The molecule has 0 spiro atoms. The van der Waals surface area contributed by atoms with Crippen LogP contribution in [0.3, 0.4) is 0 Å². The molecule has 1 aromatic carbocycles. The molecule has 0 saturated heterocycles. The lowest BCUT2D eigenvalue weighted by Gasteiger charge is -2.27. The summed E-state index contributed by atoms with van der Waals surface area (Å²) in [7, 11) is 0. The van der Waals surface area contributed by atoms with Gasteiger partial charge in [-0.2, -0.15) is 0 Å². The van der Waals surface area contributed by atoms with Crippen LogP contribution in [-0.4, -0.2) is 11.7 Å². The maximum atomic E-state index is 12.9. The minimum atomic E-state index is -0.185. The average molecular weight is 235 g/mol. The first kappa shape index (κ1) is 11.4. The van der Waals surface area contributed by atoms with Gasteiger partial charge in [0, 0.05) is 5.41 Å². The van der Waals surface area contributed by atoms with Crippen LogP contribution in [0, 0.1) is 5.82 Å². The van der Waals surface area contributed by atoms with Crippen LogP contribution < -0.4 is 0 Å². The predicted octanol–water partition coefficient (Wildman–Crippen LogP) is 3.74. The summed E-state index contributed by atoms with van der Waals surface area (Å²) in [4.78, 5) is 4.10. The Hall–Kier alpha value is -1.05. The molecule has 16 heavy (non-hydrogen) atoms. The molecule has 1 saturated carbocycles. The Balaban J connectivity index is 2.31. The topological polar surface area (TPSA) is 12.4 Å². The van der Waals surface area contributed by atoms with Gasteiger partial charge in [-0.25, -0.2) is 9.38 Å². The van der Waals surface area contributed by atoms with Gasteiger partial charge in [0.1, 0.15) is 5.82 Å². The molecule has 1 fully saturated rings. The third kappa shape index (κ3) is 2.21. The molecular weight excluding hydrogens is 221 g/mol. The SMILES string of the molecule is Fc1ccc(C2(CN=C=S)CCCC2)cc1. The summed E-state index contributed by atoms with van der Waals surface area (Å²) in [6, 6.07) is 6.80. The third-order valence-corrected chi connectivity index (χ3v) is 3.59. The highest BCUT2D eigenvalue weighted by Gasteiger charge is 2.35. The molecule has 3 heteroatoms. The summed E-state index contributed by atoms with van der Waals surface area (Å²) < 4.78 is 12.9. The zero-order valence-corrected chi connectivity index (χ0v) is 9.89. The fourth-order valence-electron chi connectivity index (χ4n) is 2.58. The van der Waals surface area contributed by atoms with Gasteiger partial charge in [0.2, 0.25) is 0 Å². The summed E-state index contributed by atoms with van der Waals surface area (Å²) in [5, 5.41) is 2.43. The number of rotatable bonds is 3. The minimum Gasteiger partial charge on any atom is -0.232 e. The molecule has 0 amide bonds. The summed E-state index contributed by atoms with van der Waals surface area (Å²) in [6.45, 7) is 0.683. The average Bonchev–Trinajstić information content (AvgIpc) is 2.77. The fraction of sp³-hybridized carbons (Fsp3) is 0.462. The van der Waals surface area contributed by atoms with Crippen molar-refractivity contribution in [1.82, 2.24) is 0 Å². The van der Waals surface area contributed by atoms with Gasteiger partial charge in [0.05, 0.1) is 11.7 Å². The molecule has 2 rings (SSSR count). The van der Waals surface area contributed by atoms with Gasteiger partial charge in [0.25, 0.3) is 0 Å². The normalized spacial score (nSPS) is 18.1. The molecule has 1 aromatic rings. The second-order valence-electron chi connectivity index (χ2n) is 4.40. The first-order valence-electron chi connectivity index (χ1n) is 5.56. The van der Waals surface area contributed by atoms with Crippen LogP contribution >= 0.6 is 12.2 Å². The highest BCUT2D eigenvalue weighted by atomic mass is 32.1. The van der Waals surface area contributed by atoms with Crippen LogP contribution in [0.25, 0.3) is 0 Å². The van der Waals surface area contributed by atoms with Crippen LogP contribution in [0.2, 0.25) is 0 Å². The largest absolute Gasteiger partial charge is 0.232 e. The number of nitrogens with zero attached hydrogens (tertiary/aromatic N) is 1. The highest BCUT2D eigenvalue weighted by Crippen LogP contribution is 2.41. The van der Waals surface area contributed by atoms with Crippen LogP contribution in [0.5, 0.6) is 0 Å². The second kappa shape index (κ2) is 4.86. The van der Waals surface area contributed by atoms with E-state index in [9.17, 15) is 4.39 Å². The Morgan fingerprint density at radius 3 is 2.44 bits per heavy atom. The van der Waals surface area contributed by atoms with E-state index >= 15 is 0 Å². The Morgan fingerprint density at radius 2 is 1.88 bits per heavy atom. The number of halogens is 1. The summed E-state index contributed by atoms with van der Waals surface area (Å²) in [5.41, 5.74) is 1.25. The molecule has 1 aliphatic carbocycles. The molecule has 0 heterocycles. The van der Waals surface area contributed by atoms with Crippen molar-refractivity contribution in [3.8, 4) is 0 Å². The lowest BCUT2D eigenvalue weighted by molar-refractivity contribution is 0.454. The van der Waals surface area contributed by atoms with Crippen molar-refractivity contribution in [3.63, 3.8) is 0 Å². The number of isothiocyanates is 1. The number of benzene rings is 1. The number of hydrogen-bond donors (Lipinski definition) is 0. The van der Waals surface area contributed by atoms with Gasteiger partial charge >= 0.3 is 0 Å². The summed E-state index contributed by atoms with van der Waals surface area (Å²) >= 11 is 4.63. The van der Waals surface area contributed by atoms with E-state index in [0.717, 1.165) is 12.8 Å². The Morgan fingerprint density at radius 1 is 1.25 bits per heavy atom. The van der Waals surface area contributed by atoms with Crippen LogP contribution in [-0.2, 0) is 5.41 Å². The zero-order valence-electron chi connectivity index (χ0n) is 9.08. The van der Waals surface area contributed by atoms with Crippen molar-refractivity contribution in [3.05, 3.63) is 35.6 Å². The van der Waals surface area contributed by atoms with Gasteiger partial charge in [0.15, 0.2) is 0 Å². The van der Waals surface area contributed by atoms with E-state index < -0.39 is 0 Å². The molecule has 1 nitrogen and oxygen atoms in total. The van der Waals surface area contributed by atoms with Crippen molar-refractivity contribution in [2.45, 2.75) is 31.1 Å². The molecule has 1 aliphatic rings. The van der Waals surface area contributed by atoms with Crippen molar-refractivity contribution in [2.24, 2.45) is 4.99 Å². The van der Waals surface area contributed by atoms with Gasteiger partial charge in [-0.15, -0.1) is 0 Å². The van der Waals surface area contributed by atoms with Crippen LogP contribution in [0.1, 0.15) is 31.2 Å². The Kier molecular flexibility index (Phi) is 3.47. The summed E-state index contributed by atoms with van der Waals surface area (Å²) in [6.07, 6.45) is 4.65. The number of hydrogen-bond acceptors (Lipinski definition) is 2. The van der Waals surface area contributed by atoms with E-state index in [2.05, 4.69) is 22.4 Å². The van der Waals surface area contributed by atoms with Crippen LogP contribution in [0.15, 0.2) is 29.3 Å². The number of aliphatic imine (C=N–C) groups is 1. The van der Waals surface area contributed by atoms with Crippen molar-refractivity contribution >= 4 is 17.4 Å². The first-order chi connectivity index (χ1) is 7.77. The van der Waals surface area contributed by atoms with E-state index in [-0.39, 0.29) is 11.2 Å². The van der Waals surface area contributed by atoms with E-state index in [0.29, 0.717) is 6.54 Å². The molecule has 0 atom stereocenters. The predicted molar refractivity (Wildman–Crippen MR) is 66.4 cm³/mol. The maximum absolute atomic E-state index is 12.9. The molecule has 0 N–H and O–H groups in total. The van der Waals surface area contributed by atoms with Crippen molar-refractivity contribution < 1.29 is 4.39 Å². The van der Waals surface area contributed by atoms with Crippen molar-refractivity contribution in [1.29, 1.82) is 0 Å². The van der Waals surface area contributed by atoms with Gasteiger partial charge in [-0.1, -0.05) is 25.0 Å². The monoisotopic (exact) mass is 235 g/mol. The maximum Gasteiger partial charge on any atom is 0.123 e. The molecule has 0 aliphatic heterocycles. The first-order valence-corrected chi connectivity index (χ1v) is 5.97. The lowest BCUT2D eigenvalue weighted by atomic mass is 9.79. The Bertz CT molecular complexity index is 400. The van der Waals surface area contributed by atoms with Crippen LogP contribution in [0.4, 0.5) is 4.39 Å². The molecular formula is C13H14FNS. The second-order valence-corrected chi connectivity index (χ2v) is 4.58. The zero-order chi connectivity index (χ0) is 11.4. The molecule has 84 valence electrons. The third-order valence-electron chi connectivity index (χ3n) is 3.46.